The zero-order valence-electron chi connectivity index (χ0n) is 7.66. The molecule has 2 saturated heterocycles. The number of nitrogens with zero attached hydrogens (tertiary/aromatic N) is 1. The Morgan fingerprint density at radius 2 is 2.23 bits per heavy atom. The van der Waals surface area contributed by atoms with E-state index in [9.17, 15) is 9.59 Å². The molecule has 0 aromatic heterocycles. The highest BCUT2D eigenvalue weighted by molar-refractivity contribution is 8.13. The summed E-state index contributed by atoms with van der Waals surface area (Å²) in [5, 5.41) is 0.190. The van der Waals surface area contributed by atoms with Crippen molar-refractivity contribution in [1.82, 2.24) is 4.90 Å². The van der Waals surface area contributed by atoms with Gasteiger partial charge in [-0.1, -0.05) is 18.7 Å². The van der Waals surface area contributed by atoms with Crippen molar-refractivity contribution in [2.45, 2.75) is 25.8 Å². The number of hydrogen-bond donors (Lipinski definition) is 0. The van der Waals surface area contributed by atoms with Gasteiger partial charge in [0, 0.05) is 18.2 Å². The predicted molar refractivity (Wildman–Crippen MR) is 51.4 cm³/mol. The minimum atomic E-state index is -0.109. The van der Waals surface area contributed by atoms with Gasteiger partial charge in [0.2, 0.25) is 11.0 Å². The summed E-state index contributed by atoms with van der Waals surface area (Å²) in [6.45, 7) is 2.68. The maximum absolute atomic E-state index is 11.7. The molecule has 1 unspecified atom stereocenters. The lowest BCUT2D eigenvalue weighted by atomic mass is 10.1. The lowest BCUT2D eigenvalue weighted by Gasteiger charge is -2.21. The first kappa shape index (κ1) is 9.06. The molecule has 2 rings (SSSR count). The van der Waals surface area contributed by atoms with Crippen molar-refractivity contribution in [2.75, 3.05) is 12.3 Å². The third kappa shape index (κ3) is 1.47. The lowest BCUT2D eigenvalue weighted by molar-refractivity contribution is -0.137. The molecule has 1 amide bonds. The van der Waals surface area contributed by atoms with E-state index in [4.69, 9.17) is 0 Å². The second-order valence-electron chi connectivity index (χ2n) is 3.72. The van der Waals surface area contributed by atoms with Gasteiger partial charge < -0.3 is 4.90 Å². The van der Waals surface area contributed by atoms with Crippen LogP contribution in [-0.4, -0.2) is 34.3 Å². The van der Waals surface area contributed by atoms with Gasteiger partial charge in [-0.2, -0.15) is 0 Å². The number of hydrogen-bond acceptors (Lipinski definition) is 3. The number of thioether (sulfide) groups is 1. The van der Waals surface area contributed by atoms with Gasteiger partial charge in [0.1, 0.15) is 6.04 Å². The third-order valence-corrected chi connectivity index (χ3v) is 3.93. The molecular formula is C9H13NO2S. The molecule has 2 atom stereocenters. The van der Waals surface area contributed by atoms with Crippen LogP contribution in [0.1, 0.15) is 19.8 Å². The molecular weight excluding hydrogens is 186 g/mol. The van der Waals surface area contributed by atoms with Crippen LogP contribution in [0.15, 0.2) is 0 Å². The molecule has 0 bridgehead atoms. The zero-order valence-corrected chi connectivity index (χ0v) is 8.47. The van der Waals surface area contributed by atoms with Crippen LogP contribution in [0.2, 0.25) is 0 Å². The van der Waals surface area contributed by atoms with Gasteiger partial charge in [-0.15, -0.1) is 0 Å². The van der Waals surface area contributed by atoms with E-state index in [0.717, 1.165) is 19.4 Å². The van der Waals surface area contributed by atoms with Crippen LogP contribution >= 0.6 is 11.8 Å². The van der Waals surface area contributed by atoms with E-state index >= 15 is 0 Å². The molecule has 13 heavy (non-hydrogen) atoms. The first-order chi connectivity index (χ1) is 6.20. The molecule has 0 radical (unpaired) electrons. The topological polar surface area (TPSA) is 37.4 Å². The van der Waals surface area contributed by atoms with E-state index in [1.165, 1.54) is 11.8 Å². The summed E-state index contributed by atoms with van der Waals surface area (Å²) >= 11 is 1.33. The van der Waals surface area contributed by atoms with Gasteiger partial charge in [-0.05, 0) is 12.8 Å². The third-order valence-electron chi connectivity index (χ3n) is 2.71. The van der Waals surface area contributed by atoms with Crippen molar-refractivity contribution in [1.29, 1.82) is 0 Å². The number of amides is 1. The van der Waals surface area contributed by atoms with Crippen LogP contribution in [0.4, 0.5) is 0 Å². The lowest BCUT2D eigenvalue weighted by Crippen LogP contribution is -2.39. The standard InChI is InChI=1S/C9H13NO2S/c1-6-5-13-9(12)7-3-2-4-10(7)8(6)11/h6-7H,2-5H2,1H3/t6-,7?/m1/s1. The van der Waals surface area contributed by atoms with Gasteiger partial charge >= 0.3 is 0 Å². The maximum Gasteiger partial charge on any atom is 0.226 e. The smallest absolute Gasteiger partial charge is 0.226 e. The molecule has 0 spiro atoms. The summed E-state index contributed by atoms with van der Waals surface area (Å²) in [5.41, 5.74) is 0. The largest absolute Gasteiger partial charge is 0.331 e. The normalized spacial score (nSPS) is 34.7. The molecule has 0 aliphatic carbocycles. The highest BCUT2D eigenvalue weighted by Crippen LogP contribution is 2.29. The van der Waals surface area contributed by atoms with Crippen molar-refractivity contribution in [3.63, 3.8) is 0 Å². The van der Waals surface area contributed by atoms with Gasteiger partial charge in [-0.3, -0.25) is 9.59 Å². The quantitative estimate of drug-likeness (QED) is 0.581. The van der Waals surface area contributed by atoms with Crippen LogP contribution in [0.25, 0.3) is 0 Å². The summed E-state index contributed by atoms with van der Waals surface area (Å²) in [4.78, 5) is 25.1. The Balaban J connectivity index is 2.24. The summed E-state index contributed by atoms with van der Waals surface area (Å²) in [5.74, 6) is 0.836. The van der Waals surface area contributed by atoms with Crippen molar-refractivity contribution >= 4 is 22.8 Å². The van der Waals surface area contributed by atoms with Crippen LogP contribution < -0.4 is 0 Å². The van der Waals surface area contributed by atoms with E-state index in [0.29, 0.717) is 5.75 Å². The molecule has 0 N–H and O–H groups in total. The van der Waals surface area contributed by atoms with Crippen LogP contribution in [-0.2, 0) is 9.59 Å². The van der Waals surface area contributed by atoms with Crippen molar-refractivity contribution in [3.05, 3.63) is 0 Å². The first-order valence-electron chi connectivity index (χ1n) is 4.67. The fraction of sp³-hybridized carbons (Fsp3) is 0.778. The van der Waals surface area contributed by atoms with E-state index in [-0.39, 0.29) is 23.0 Å². The Morgan fingerprint density at radius 1 is 1.46 bits per heavy atom. The highest BCUT2D eigenvalue weighted by atomic mass is 32.2. The SMILES string of the molecule is C[C@@H]1CSC(=O)C2CCCN2C1=O. The van der Waals surface area contributed by atoms with Gasteiger partial charge in [0.05, 0.1) is 0 Å². The molecule has 4 heteroatoms. The first-order valence-corrected chi connectivity index (χ1v) is 5.66. The average Bonchev–Trinajstić information content (AvgIpc) is 2.57. The van der Waals surface area contributed by atoms with E-state index in [1.54, 1.807) is 4.90 Å². The Bertz CT molecular complexity index is 254. The monoisotopic (exact) mass is 199 g/mol. The molecule has 2 heterocycles. The minimum Gasteiger partial charge on any atom is -0.331 e. The van der Waals surface area contributed by atoms with Gasteiger partial charge in [0.15, 0.2) is 0 Å². The number of carbonyl (C=O) groups excluding carboxylic acids is 2. The van der Waals surface area contributed by atoms with Crippen molar-refractivity contribution in [3.8, 4) is 0 Å². The maximum atomic E-state index is 11.7. The Hall–Kier alpha value is -0.510. The predicted octanol–water partition coefficient (Wildman–Crippen LogP) is 0.887. The second kappa shape index (κ2) is 3.33. The number of rotatable bonds is 0. The van der Waals surface area contributed by atoms with Crippen molar-refractivity contribution < 1.29 is 9.59 Å². The van der Waals surface area contributed by atoms with Gasteiger partial charge in [0.25, 0.3) is 0 Å². The van der Waals surface area contributed by atoms with Crippen LogP contribution in [0.5, 0.6) is 0 Å². The molecule has 3 nitrogen and oxygen atoms in total. The Kier molecular flexibility index (Phi) is 2.32. The van der Waals surface area contributed by atoms with Gasteiger partial charge in [-0.25, -0.2) is 0 Å². The summed E-state index contributed by atoms with van der Waals surface area (Å²) < 4.78 is 0. The second-order valence-corrected chi connectivity index (χ2v) is 4.75. The molecule has 0 aromatic rings. The summed E-state index contributed by atoms with van der Waals surface area (Å²) in [6.07, 6.45) is 1.85. The number of carbonyl (C=O) groups is 2. The fourth-order valence-electron chi connectivity index (χ4n) is 1.93. The molecule has 0 aromatic carbocycles. The molecule has 72 valence electrons. The van der Waals surface area contributed by atoms with Crippen LogP contribution in [0.3, 0.4) is 0 Å². The zero-order chi connectivity index (χ0) is 9.42. The van der Waals surface area contributed by atoms with Crippen molar-refractivity contribution in [2.24, 2.45) is 5.92 Å². The van der Waals surface area contributed by atoms with E-state index in [1.807, 2.05) is 6.92 Å². The molecule has 2 fully saturated rings. The highest BCUT2D eigenvalue weighted by Gasteiger charge is 2.38. The molecule has 2 aliphatic rings. The molecule has 2 aliphatic heterocycles. The van der Waals surface area contributed by atoms with E-state index in [2.05, 4.69) is 0 Å². The summed E-state index contributed by atoms with van der Waals surface area (Å²) in [6, 6.07) is -0.109. The fourth-order valence-corrected chi connectivity index (χ4v) is 2.93. The number of fused-ring (bicyclic) bond motifs is 1. The van der Waals surface area contributed by atoms with E-state index < -0.39 is 0 Å². The van der Waals surface area contributed by atoms with Crippen LogP contribution in [0, 0.1) is 5.92 Å². The average molecular weight is 199 g/mol. The minimum absolute atomic E-state index is 0.0112. The Morgan fingerprint density at radius 3 is 3.00 bits per heavy atom. The molecule has 0 saturated carbocycles. The summed E-state index contributed by atoms with van der Waals surface area (Å²) in [7, 11) is 0. The Labute approximate surface area is 81.9 Å².